The van der Waals surface area contributed by atoms with Gasteiger partial charge in [-0.15, -0.1) is 0 Å². The molecule has 0 aromatic heterocycles. The first-order chi connectivity index (χ1) is 8.95. The Kier molecular flexibility index (Phi) is 6.08. The number of hydrogen-bond donors (Lipinski definition) is 2. The molecule has 1 saturated heterocycles. The van der Waals surface area contributed by atoms with Crippen molar-refractivity contribution in [1.29, 1.82) is 0 Å². The van der Waals surface area contributed by atoms with Crippen LogP contribution in [0.4, 0.5) is 4.79 Å². The fourth-order valence-electron chi connectivity index (χ4n) is 2.29. The van der Waals surface area contributed by atoms with E-state index in [0.29, 0.717) is 19.0 Å². The molecular weight excluding hydrogens is 246 g/mol. The van der Waals surface area contributed by atoms with E-state index >= 15 is 0 Å². The Balaban J connectivity index is 2.42. The molecule has 6 nitrogen and oxygen atoms in total. The molecule has 0 aromatic rings. The number of likely N-dealkylation sites (N-methyl/N-ethyl adjacent to an activating group) is 1. The first-order valence-electron chi connectivity index (χ1n) is 6.87. The zero-order valence-electron chi connectivity index (χ0n) is 12.1. The highest BCUT2D eigenvalue weighted by Crippen LogP contribution is 2.13. The highest BCUT2D eigenvalue weighted by molar-refractivity contribution is 5.76. The fraction of sp³-hybridized carbons (Fsp3) is 0.846. The average molecular weight is 271 g/mol. The number of carboxylic acid groups (broad SMARTS) is 1. The van der Waals surface area contributed by atoms with Crippen molar-refractivity contribution in [2.24, 2.45) is 5.92 Å². The quantitative estimate of drug-likeness (QED) is 0.777. The van der Waals surface area contributed by atoms with Crippen molar-refractivity contribution in [2.75, 3.05) is 33.7 Å². The molecule has 2 N–H and O–H groups in total. The Morgan fingerprint density at radius 2 is 2.16 bits per heavy atom. The van der Waals surface area contributed by atoms with E-state index in [1.807, 2.05) is 21.0 Å². The molecule has 19 heavy (non-hydrogen) atoms. The van der Waals surface area contributed by atoms with Crippen LogP contribution in [-0.2, 0) is 4.79 Å². The summed E-state index contributed by atoms with van der Waals surface area (Å²) >= 11 is 0. The number of hydrogen-bond acceptors (Lipinski definition) is 3. The Bertz CT molecular complexity index is 320. The molecule has 1 aliphatic heterocycles. The molecule has 0 aromatic carbocycles. The summed E-state index contributed by atoms with van der Waals surface area (Å²) < 4.78 is 0. The number of nitrogens with one attached hydrogen (secondary N) is 1. The third-order valence-electron chi connectivity index (χ3n) is 3.76. The number of rotatable bonds is 5. The lowest BCUT2D eigenvalue weighted by Gasteiger charge is -2.36. The second-order valence-electron chi connectivity index (χ2n) is 5.34. The minimum Gasteiger partial charge on any atom is -0.481 e. The van der Waals surface area contributed by atoms with Crippen molar-refractivity contribution in [3.05, 3.63) is 0 Å². The van der Waals surface area contributed by atoms with E-state index in [-0.39, 0.29) is 12.6 Å². The number of piperidine rings is 1. The van der Waals surface area contributed by atoms with Crippen molar-refractivity contribution in [3.63, 3.8) is 0 Å². The highest BCUT2D eigenvalue weighted by atomic mass is 16.4. The van der Waals surface area contributed by atoms with E-state index in [2.05, 4.69) is 10.2 Å². The van der Waals surface area contributed by atoms with Crippen LogP contribution in [0.5, 0.6) is 0 Å². The van der Waals surface area contributed by atoms with Gasteiger partial charge in [0.1, 0.15) is 0 Å². The standard InChI is InChI=1S/C13H25N3O3/c1-4-10(12(17)18)8-14-13(19)16-7-5-6-11(9-16)15(2)3/h10-11H,4-9H2,1-3H3,(H,14,19)(H,17,18). The molecule has 0 spiro atoms. The lowest BCUT2D eigenvalue weighted by atomic mass is 10.1. The normalized spacial score (nSPS) is 21.3. The van der Waals surface area contributed by atoms with Crippen molar-refractivity contribution < 1.29 is 14.7 Å². The van der Waals surface area contributed by atoms with E-state index in [0.717, 1.165) is 19.4 Å². The van der Waals surface area contributed by atoms with Crippen LogP contribution in [-0.4, -0.2) is 66.7 Å². The van der Waals surface area contributed by atoms with Gasteiger partial charge in [0.05, 0.1) is 5.92 Å². The molecule has 1 heterocycles. The summed E-state index contributed by atoms with van der Waals surface area (Å²) in [6, 6.07) is 0.243. The summed E-state index contributed by atoms with van der Waals surface area (Å²) in [5, 5.41) is 11.7. The first kappa shape index (κ1) is 15.8. The van der Waals surface area contributed by atoms with Gasteiger partial charge < -0.3 is 20.2 Å². The summed E-state index contributed by atoms with van der Waals surface area (Å²) in [7, 11) is 4.03. The van der Waals surface area contributed by atoms with Crippen molar-refractivity contribution in [2.45, 2.75) is 32.2 Å². The van der Waals surface area contributed by atoms with Gasteiger partial charge in [-0.3, -0.25) is 4.79 Å². The molecule has 1 rings (SSSR count). The maximum atomic E-state index is 12.0. The first-order valence-corrected chi connectivity index (χ1v) is 6.87. The van der Waals surface area contributed by atoms with Crippen LogP contribution in [0.15, 0.2) is 0 Å². The molecular formula is C13H25N3O3. The van der Waals surface area contributed by atoms with Crippen molar-refractivity contribution >= 4 is 12.0 Å². The van der Waals surface area contributed by atoms with Crippen LogP contribution in [0, 0.1) is 5.92 Å². The van der Waals surface area contributed by atoms with Gasteiger partial charge in [-0.25, -0.2) is 4.79 Å². The zero-order chi connectivity index (χ0) is 14.4. The number of aliphatic carboxylic acids is 1. The second kappa shape index (κ2) is 7.33. The molecule has 2 atom stereocenters. The molecule has 2 amide bonds. The van der Waals surface area contributed by atoms with Crippen LogP contribution in [0.25, 0.3) is 0 Å². The molecule has 110 valence electrons. The predicted molar refractivity (Wildman–Crippen MR) is 73.1 cm³/mol. The number of likely N-dealkylation sites (tertiary alicyclic amines) is 1. The average Bonchev–Trinajstić information content (AvgIpc) is 2.38. The topological polar surface area (TPSA) is 72.9 Å². The monoisotopic (exact) mass is 271 g/mol. The van der Waals surface area contributed by atoms with Crippen molar-refractivity contribution in [3.8, 4) is 0 Å². The maximum Gasteiger partial charge on any atom is 0.317 e. The van der Waals surface area contributed by atoms with Crippen LogP contribution < -0.4 is 5.32 Å². The molecule has 6 heteroatoms. The minimum absolute atomic E-state index is 0.147. The van der Waals surface area contributed by atoms with Crippen molar-refractivity contribution in [1.82, 2.24) is 15.1 Å². The Hall–Kier alpha value is -1.30. The predicted octanol–water partition coefficient (Wildman–Crippen LogP) is 0.833. The number of carbonyl (C=O) groups excluding carboxylic acids is 1. The van der Waals surface area contributed by atoms with E-state index in [1.165, 1.54) is 0 Å². The molecule has 0 bridgehead atoms. The smallest absolute Gasteiger partial charge is 0.317 e. The van der Waals surface area contributed by atoms with E-state index < -0.39 is 11.9 Å². The zero-order valence-corrected chi connectivity index (χ0v) is 12.1. The number of nitrogens with zero attached hydrogens (tertiary/aromatic N) is 2. The molecule has 0 saturated carbocycles. The van der Waals surface area contributed by atoms with Crippen LogP contribution >= 0.6 is 0 Å². The Morgan fingerprint density at radius 1 is 1.47 bits per heavy atom. The summed E-state index contributed by atoms with van der Waals surface area (Å²) in [4.78, 5) is 26.8. The third-order valence-corrected chi connectivity index (χ3v) is 3.76. The van der Waals surface area contributed by atoms with Gasteiger partial charge in [0.2, 0.25) is 0 Å². The summed E-state index contributed by atoms with van der Waals surface area (Å²) in [6.07, 6.45) is 2.62. The molecule has 0 radical (unpaired) electrons. The summed E-state index contributed by atoms with van der Waals surface area (Å²) in [5.41, 5.74) is 0. The second-order valence-corrected chi connectivity index (χ2v) is 5.34. The van der Waals surface area contributed by atoms with Crippen LogP contribution in [0.3, 0.4) is 0 Å². The third kappa shape index (κ3) is 4.70. The van der Waals surface area contributed by atoms with Gasteiger partial charge in [-0.05, 0) is 33.4 Å². The maximum absolute atomic E-state index is 12.0. The SMILES string of the molecule is CCC(CNC(=O)N1CCCC(N(C)C)C1)C(=O)O. The summed E-state index contributed by atoms with van der Waals surface area (Å²) in [6.45, 7) is 3.48. The molecule has 1 aliphatic rings. The van der Waals surface area contributed by atoms with Gasteiger partial charge in [-0.1, -0.05) is 6.92 Å². The Morgan fingerprint density at radius 3 is 2.68 bits per heavy atom. The van der Waals surface area contributed by atoms with Gasteiger partial charge >= 0.3 is 12.0 Å². The van der Waals surface area contributed by atoms with Crippen LogP contribution in [0.2, 0.25) is 0 Å². The number of carboxylic acids is 1. The van der Waals surface area contributed by atoms with Gasteiger partial charge in [0.15, 0.2) is 0 Å². The largest absolute Gasteiger partial charge is 0.481 e. The van der Waals surface area contributed by atoms with Gasteiger partial charge in [0, 0.05) is 25.7 Å². The number of urea groups is 1. The van der Waals surface area contributed by atoms with Gasteiger partial charge in [0.25, 0.3) is 0 Å². The van der Waals surface area contributed by atoms with Crippen LogP contribution in [0.1, 0.15) is 26.2 Å². The van der Waals surface area contributed by atoms with Gasteiger partial charge in [-0.2, -0.15) is 0 Å². The number of carbonyl (C=O) groups is 2. The van der Waals surface area contributed by atoms with E-state index in [9.17, 15) is 9.59 Å². The number of amides is 2. The molecule has 1 fully saturated rings. The lowest BCUT2D eigenvalue weighted by Crippen LogP contribution is -2.51. The fourth-order valence-corrected chi connectivity index (χ4v) is 2.29. The molecule has 0 aliphatic carbocycles. The lowest BCUT2D eigenvalue weighted by molar-refractivity contribution is -0.141. The Labute approximate surface area is 114 Å². The molecule has 2 unspecified atom stereocenters. The highest BCUT2D eigenvalue weighted by Gasteiger charge is 2.25. The van der Waals surface area contributed by atoms with E-state index in [4.69, 9.17) is 5.11 Å². The minimum atomic E-state index is -0.854. The van der Waals surface area contributed by atoms with E-state index in [1.54, 1.807) is 4.90 Å². The summed E-state index contributed by atoms with van der Waals surface area (Å²) in [5.74, 6) is -1.36.